The molecule has 0 spiro atoms. The Morgan fingerprint density at radius 2 is 1.84 bits per heavy atom. The van der Waals surface area contributed by atoms with Gasteiger partial charge in [0.1, 0.15) is 6.61 Å². The number of primary amides is 1. The normalized spacial score (nSPS) is 12.0. The third kappa shape index (κ3) is 8.25. The van der Waals surface area contributed by atoms with Crippen LogP contribution in [0.15, 0.2) is 48.7 Å². The van der Waals surface area contributed by atoms with E-state index in [-0.39, 0.29) is 18.1 Å². The maximum Gasteiger partial charge on any atom is 0.305 e. The molecular formula is C29H39N3O5. The number of nitrogens with zero attached hydrogens (tertiary/aromatic N) is 1. The lowest BCUT2D eigenvalue weighted by atomic mass is 10.0. The number of fused-ring (bicyclic) bond motifs is 1. The molecule has 0 aliphatic heterocycles. The number of carbonyl (C=O) groups is 2. The fraction of sp³-hybridized carbons (Fsp3) is 0.448. The van der Waals surface area contributed by atoms with E-state index in [1.54, 1.807) is 6.92 Å². The zero-order valence-corrected chi connectivity index (χ0v) is 22.3. The van der Waals surface area contributed by atoms with Crippen molar-refractivity contribution in [2.45, 2.75) is 65.6 Å². The number of benzene rings is 2. The lowest BCUT2D eigenvalue weighted by molar-refractivity contribution is -0.143. The van der Waals surface area contributed by atoms with Crippen LogP contribution in [0.1, 0.15) is 56.5 Å². The number of nitrogens with two attached hydrogens (primary N) is 1. The number of amides is 1. The average Bonchev–Trinajstić information content (AvgIpc) is 3.24. The Labute approximate surface area is 219 Å². The molecule has 0 bridgehead atoms. The Kier molecular flexibility index (Phi) is 10.4. The van der Waals surface area contributed by atoms with E-state index in [1.807, 2.05) is 61.0 Å². The van der Waals surface area contributed by atoms with Crippen molar-refractivity contribution in [3.8, 4) is 11.5 Å². The first kappa shape index (κ1) is 28.1. The maximum atomic E-state index is 12.3. The summed E-state index contributed by atoms with van der Waals surface area (Å²) in [5, 5.41) is 4.44. The molecule has 0 radical (unpaired) electrons. The molecule has 37 heavy (non-hydrogen) atoms. The monoisotopic (exact) mass is 509 g/mol. The Hall–Kier alpha value is -3.52. The van der Waals surface area contributed by atoms with Crippen molar-refractivity contribution in [2.24, 2.45) is 5.73 Å². The molecule has 1 amide bonds. The van der Waals surface area contributed by atoms with Crippen molar-refractivity contribution in [3.05, 3.63) is 59.8 Å². The second kappa shape index (κ2) is 13.7. The molecule has 1 heterocycles. The molecule has 0 saturated heterocycles. The summed E-state index contributed by atoms with van der Waals surface area (Å²) in [6, 6.07) is 13.8. The minimum atomic E-state index is -0.464. The van der Waals surface area contributed by atoms with E-state index in [9.17, 15) is 9.59 Å². The molecule has 0 saturated carbocycles. The van der Waals surface area contributed by atoms with Crippen LogP contribution in [0.2, 0.25) is 0 Å². The van der Waals surface area contributed by atoms with Crippen molar-refractivity contribution in [3.63, 3.8) is 0 Å². The zero-order chi connectivity index (χ0) is 26.8. The molecule has 0 fully saturated rings. The first-order valence-corrected chi connectivity index (χ1v) is 13.0. The van der Waals surface area contributed by atoms with Crippen molar-refractivity contribution in [1.29, 1.82) is 0 Å². The van der Waals surface area contributed by atoms with Crippen molar-refractivity contribution in [2.75, 3.05) is 19.8 Å². The fourth-order valence-electron chi connectivity index (χ4n) is 4.34. The highest BCUT2D eigenvalue weighted by molar-refractivity contribution is 6.05. The van der Waals surface area contributed by atoms with Crippen LogP contribution in [0.4, 0.5) is 0 Å². The number of aromatic nitrogens is 1. The van der Waals surface area contributed by atoms with Crippen LogP contribution in [0.5, 0.6) is 11.5 Å². The van der Waals surface area contributed by atoms with Gasteiger partial charge < -0.3 is 29.8 Å². The number of aryl methyl sites for hydroxylation is 1. The molecule has 1 aromatic heterocycles. The zero-order valence-electron chi connectivity index (χ0n) is 22.3. The van der Waals surface area contributed by atoms with Crippen LogP contribution in [0.25, 0.3) is 10.9 Å². The number of hydrogen-bond acceptors (Lipinski definition) is 6. The van der Waals surface area contributed by atoms with Gasteiger partial charge >= 0.3 is 5.97 Å². The Balaban J connectivity index is 1.58. The van der Waals surface area contributed by atoms with Crippen LogP contribution >= 0.6 is 0 Å². The topological polar surface area (TPSA) is 105 Å². The molecule has 3 aromatic rings. The highest BCUT2D eigenvalue weighted by Crippen LogP contribution is 2.27. The van der Waals surface area contributed by atoms with Crippen molar-refractivity contribution in [1.82, 2.24) is 9.88 Å². The van der Waals surface area contributed by atoms with E-state index in [4.69, 9.17) is 19.9 Å². The molecule has 3 N–H and O–H groups in total. The van der Waals surface area contributed by atoms with Gasteiger partial charge in [-0.3, -0.25) is 9.59 Å². The molecule has 1 atom stereocenters. The van der Waals surface area contributed by atoms with Gasteiger partial charge in [-0.2, -0.15) is 0 Å². The summed E-state index contributed by atoms with van der Waals surface area (Å²) in [5.74, 6) is 0.796. The second-order valence-electron chi connectivity index (χ2n) is 9.38. The van der Waals surface area contributed by atoms with Gasteiger partial charge in [0.15, 0.2) is 11.5 Å². The van der Waals surface area contributed by atoms with E-state index in [2.05, 4.69) is 18.3 Å². The Bertz CT molecular complexity index is 1190. The van der Waals surface area contributed by atoms with E-state index in [0.717, 1.165) is 34.4 Å². The van der Waals surface area contributed by atoms with E-state index >= 15 is 0 Å². The minimum absolute atomic E-state index is 0.0760. The highest BCUT2D eigenvalue weighted by atomic mass is 16.5. The number of carbonyl (C=O) groups excluding carboxylic acids is 2. The van der Waals surface area contributed by atoms with Gasteiger partial charge in [-0.05, 0) is 76.4 Å². The summed E-state index contributed by atoms with van der Waals surface area (Å²) in [5.41, 5.74) is 8.07. The predicted octanol–water partition coefficient (Wildman–Crippen LogP) is 4.47. The van der Waals surface area contributed by atoms with Gasteiger partial charge in [0, 0.05) is 37.1 Å². The summed E-state index contributed by atoms with van der Waals surface area (Å²) in [6.45, 7) is 10.0. The fourth-order valence-corrected chi connectivity index (χ4v) is 4.34. The molecule has 0 aliphatic rings. The maximum absolute atomic E-state index is 12.3. The average molecular weight is 510 g/mol. The summed E-state index contributed by atoms with van der Waals surface area (Å²) < 4.78 is 18.7. The van der Waals surface area contributed by atoms with Crippen LogP contribution in [0.3, 0.4) is 0 Å². The van der Waals surface area contributed by atoms with Gasteiger partial charge in [-0.1, -0.05) is 12.1 Å². The number of hydrogen-bond donors (Lipinski definition) is 2. The molecule has 8 heteroatoms. The Morgan fingerprint density at radius 1 is 1.08 bits per heavy atom. The molecule has 2 aromatic carbocycles. The number of para-hydroxylation sites is 2. The van der Waals surface area contributed by atoms with Gasteiger partial charge in [0.25, 0.3) is 5.91 Å². The highest BCUT2D eigenvalue weighted by Gasteiger charge is 2.15. The number of rotatable bonds is 15. The minimum Gasteiger partial charge on any atom is -0.488 e. The SMILES string of the molecule is CCOC(=O)CCCn1ccc2cc(CC(C)NCCOc3ccccc3OC(C)C)cc(C(N)=O)c21. The first-order valence-electron chi connectivity index (χ1n) is 13.0. The predicted molar refractivity (Wildman–Crippen MR) is 145 cm³/mol. The third-order valence-electron chi connectivity index (χ3n) is 5.88. The van der Waals surface area contributed by atoms with Crippen molar-refractivity contribution >= 4 is 22.8 Å². The van der Waals surface area contributed by atoms with Gasteiger partial charge in [0.05, 0.1) is 23.8 Å². The van der Waals surface area contributed by atoms with E-state index in [1.165, 1.54) is 0 Å². The summed E-state index contributed by atoms with van der Waals surface area (Å²) >= 11 is 0. The molecule has 8 nitrogen and oxygen atoms in total. The van der Waals surface area contributed by atoms with E-state index < -0.39 is 5.91 Å². The smallest absolute Gasteiger partial charge is 0.305 e. The van der Waals surface area contributed by atoms with Crippen LogP contribution < -0.4 is 20.5 Å². The molecule has 0 aliphatic carbocycles. The van der Waals surface area contributed by atoms with Crippen LogP contribution in [-0.4, -0.2) is 48.3 Å². The lowest BCUT2D eigenvalue weighted by Crippen LogP contribution is -2.32. The molecule has 3 rings (SSSR count). The van der Waals surface area contributed by atoms with Gasteiger partial charge in [-0.15, -0.1) is 0 Å². The van der Waals surface area contributed by atoms with Gasteiger partial charge in [0.2, 0.25) is 0 Å². The second-order valence-corrected chi connectivity index (χ2v) is 9.38. The first-order chi connectivity index (χ1) is 17.8. The number of nitrogens with one attached hydrogen (secondary N) is 1. The number of ether oxygens (including phenoxy) is 3. The summed E-state index contributed by atoms with van der Waals surface area (Å²) in [4.78, 5) is 24.0. The summed E-state index contributed by atoms with van der Waals surface area (Å²) in [7, 11) is 0. The van der Waals surface area contributed by atoms with Crippen molar-refractivity contribution < 1.29 is 23.8 Å². The molecular weight excluding hydrogens is 470 g/mol. The number of esters is 1. The van der Waals surface area contributed by atoms with Crippen LogP contribution in [0, 0.1) is 0 Å². The van der Waals surface area contributed by atoms with Crippen LogP contribution in [-0.2, 0) is 22.5 Å². The van der Waals surface area contributed by atoms with E-state index in [0.29, 0.717) is 44.7 Å². The third-order valence-corrected chi connectivity index (χ3v) is 5.88. The quantitative estimate of drug-likeness (QED) is 0.231. The largest absolute Gasteiger partial charge is 0.488 e. The standard InChI is InChI=1S/C29H39N3O5/c1-5-35-27(33)11-8-14-32-15-12-23-18-22(19-24(28(23)32)29(30)34)17-21(4)31-13-16-36-25-9-6-7-10-26(25)37-20(2)3/h6-7,9-10,12,15,18-21,31H,5,8,11,13-14,16-17H2,1-4H3,(H2,30,34). The molecule has 1 unspecified atom stereocenters. The lowest BCUT2D eigenvalue weighted by Gasteiger charge is -2.17. The molecule has 200 valence electrons. The Morgan fingerprint density at radius 3 is 2.54 bits per heavy atom. The summed E-state index contributed by atoms with van der Waals surface area (Å²) in [6.07, 6.45) is 3.70. The van der Waals surface area contributed by atoms with Gasteiger partial charge in [-0.25, -0.2) is 0 Å².